The predicted molar refractivity (Wildman–Crippen MR) is 102 cm³/mol. The lowest BCUT2D eigenvalue weighted by Crippen LogP contribution is -2.44. The van der Waals surface area contributed by atoms with Gasteiger partial charge in [-0.15, -0.1) is 0 Å². The second kappa shape index (κ2) is 7.56. The van der Waals surface area contributed by atoms with Gasteiger partial charge in [0.2, 0.25) is 5.91 Å². The fourth-order valence-electron chi connectivity index (χ4n) is 3.63. The summed E-state index contributed by atoms with van der Waals surface area (Å²) >= 11 is 0. The fourth-order valence-corrected chi connectivity index (χ4v) is 3.63. The molecule has 0 N–H and O–H groups in total. The van der Waals surface area contributed by atoms with Crippen LogP contribution in [0.1, 0.15) is 58.6 Å². The number of piperidine rings is 1. The predicted octanol–water partition coefficient (Wildman–Crippen LogP) is 3.50. The largest absolute Gasteiger partial charge is 0.342 e. The first-order chi connectivity index (χ1) is 12.4. The van der Waals surface area contributed by atoms with Crippen molar-refractivity contribution in [2.24, 2.45) is 5.41 Å². The van der Waals surface area contributed by atoms with Crippen molar-refractivity contribution in [3.8, 4) is 11.4 Å². The van der Waals surface area contributed by atoms with Crippen LogP contribution in [0, 0.1) is 5.41 Å². The minimum atomic E-state index is -0.354. The van der Waals surface area contributed by atoms with Crippen LogP contribution in [-0.4, -0.2) is 43.6 Å². The van der Waals surface area contributed by atoms with E-state index in [-0.39, 0.29) is 17.2 Å². The second-order valence-corrected chi connectivity index (χ2v) is 8.07. The van der Waals surface area contributed by atoms with E-state index >= 15 is 0 Å². The van der Waals surface area contributed by atoms with E-state index in [4.69, 9.17) is 0 Å². The minimum absolute atomic E-state index is 0.212. The Morgan fingerprint density at radius 1 is 1.23 bits per heavy atom. The summed E-state index contributed by atoms with van der Waals surface area (Å²) in [4.78, 5) is 24.0. The maximum atomic E-state index is 12.7. The van der Waals surface area contributed by atoms with Gasteiger partial charge in [-0.1, -0.05) is 27.7 Å². The average Bonchev–Trinajstić information content (AvgIpc) is 3.09. The summed E-state index contributed by atoms with van der Waals surface area (Å²) in [5.74, 6) is 0.424. The maximum absolute atomic E-state index is 12.7. The van der Waals surface area contributed by atoms with Gasteiger partial charge in [0.1, 0.15) is 5.69 Å². The van der Waals surface area contributed by atoms with E-state index in [1.165, 1.54) is 0 Å². The normalized spacial score (nSPS) is 18.2. The van der Waals surface area contributed by atoms with Crippen molar-refractivity contribution >= 4 is 5.91 Å². The molecule has 0 aromatic carbocycles. The molecule has 2 aromatic heterocycles. The van der Waals surface area contributed by atoms with Crippen LogP contribution in [0.5, 0.6) is 0 Å². The van der Waals surface area contributed by atoms with Gasteiger partial charge in [0, 0.05) is 49.6 Å². The number of likely N-dealkylation sites (tertiary alicyclic amines) is 1. The van der Waals surface area contributed by atoms with Gasteiger partial charge in [0.05, 0.1) is 11.4 Å². The summed E-state index contributed by atoms with van der Waals surface area (Å²) in [6, 6.07) is 2.00. The number of carbonyl (C=O) groups is 1. The molecule has 3 rings (SSSR count). The van der Waals surface area contributed by atoms with Crippen molar-refractivity contribution in [2.75, 3.05) is 13.1 Å². The Bertz CT molecular complexity index is 762. The lowest BCUT2D eigenvalue weighted by atomic mass is 9.89. The number of amides is 1. The van der Waals surface area contributed by atoms with Gasteiger partial charge in [-0.05, 0) is 25.3 Å². The fraction of sp³-hybridized carbons (Fsp3) is 0.600. The number of carbonyl (C=O) groups excluding carboxylic acids is 1. The molecule has 2 aromatic rings. The van der Waals surface area contributed by atoms with Crippen LogP contribution in [0.2, 0.25) is 0 Å². The monoisotopic (exact) mass is 355 g/mol. The molecule has 1 unspecified atom stereocenters. The third kappa shape index (κ3) is 3.79. The molecule has 6 nitrogen and oxygen atoms in total. The van der Waals surface area contributed by atoms with E-state index < -0.39 is 0 Å². The van der Waals surface area contributed by atoms with Gasteiger partial charge in [-0.2, -0.15) is 5.10 Å². The van der Waals surface area contributed by atoms with Crippen molar-refractivity contribution in [2.45, 2.75) is 59.4 Å². The van der Waals surface area contributed by atoms with Crippen LogP contribution in [-0.2, 0) is 11.3 Å². The van der Waals surface area contributed by atoms with Crippen LogP contribution >= 0.6 is 0 Å². The van der Waals surface area contributed by atoms with Crippen LogP contribution in [0.4, 0.5) is 0 Å². The molecule has 1 amide bonds. The van der Waals surface area contributed by atoms with Crippen molar-refractivity contribution in [3.05, 3.63) is 30.4 Å². The molecule has 1 aliphatic heterocycles. The van der Waals surface area contributed by atoms with Gasteiger partial charge in [-0.25, -0.2) is 0 Å². The zero-order valence-corrected chi connectivity index (χ0v) is 16.3. The van der Waals surface area contributed by atoms with Crippen molar-refractivity contribution in [1.29, 1.82) is 0 Å². The lowest BCUT2D eigenvalue weighted by molar-refractivity contribution is -0.140. The summed E-state index contributed by atoms with van der Waals surface area (Å²) in [7, 11) is 0. The number of rotatable bonds is 4. The molecule has 0 spiro atoms. The highest BCUT2D eigenvalue weighted by molar-refractivity contribution is 5.81. The Labute approximate surface area is 155 Å². The minimum Gasteiger partial charge on any atom is -0.342 e. The van der Waals surface area contributed by atoms with Crippen LogP contribution < -0.4 is 0 Å². The smallest absolute Gasteiger partial charge is 0.227 e. The van der Waals surface area contributed by atoms with Gasteiger partial charge in [0.25, 0.3) is 0 Å². The number of nitrogens with zero attached hydrogens (tertiary/aromatic N) is 5. The summed E-state index contributed by atoms with van der Waals surface area (Å²) in [6.45, 7) is 10.5. The van der Waals surface area contributed by atoms with E-state index in [0.29, 0.717) is 6.54 Å². The Balaban J connectivity index is 1.90. The molecular weight excluding hydrogens is 326 g/mol. The average molecular weight is 355 g/mol. The molecule has 26 heavy (non-hydrogen) atoms. The molecule has 1 atom stereocenters. The molecule has 140 valence electrons. The standard InChI is InChI=1S/C20H29N5O/c1-5-12-25-16(8-9-23-25)18-17(21-10-11-22-18)15-7-6-13-24(14-15)19(26)20(2,3)4/h8-11,15H,5-7,12-14H2,1-4H3. The third-order valence-electron chi connectivity index (χ3n) is 4.86. The zero-order valence-electron chi connectivity index (χ0n) is 16.3. The number of aromatic nitrogens is 4. The first kappa shape index (κ1) is 18.5. The van der Waals surface area contributed by atoms with E-state index in [2.05, 4.69) is 22.0 Å². The Hall–Kier alpha value is -2.24. The second-order valence-electron chi connectivity index (χ2n) is 8.07. The lowest BCUT2D eigenvalue weighted by Gasteiger charge is -2.36. The Morgan fingerprint density at radius 2 is 2.00 bits per heavy atom. The maximum Gasteiger partial charge on any atom is 0.227 e. The first-order valence-corrected chi connectivity index (χ1v) is 9.54. The molecule has 6 heteroatoms. The molecule has 1 saturated heterocycles. The van der Waals surface area contributed by atoms with Gasteiger partial charge in [-0.3, -0.25) is 19.4 Å². The van der Waals surface area contributed by atoms with Gasteiger partial charge >= 0.3 is 0 Å². The molecule has 0 radical (unpaired) electrons. The highest BCUT2D eigenvalue weighted by Gasteiger charge is 2.33. The SMILES string of the molecule is CCCn1nccc1-c1nccnc1C1CCCN(C(=O)C(C)(C)C)C1. The Morgan fingerprint density at radius 3 is 2.73 bits per heavy atom. The zero-order chi connectivity index (χ0) is 18.7. The molecule has 3 heterocycles. The van der Waals surface area contributed by atoms with Crippen LogP contribution in [0.15, 0.2) is 24.7 Å². The number of hydrogen-bond donors (Lipinski definition) is 0. The Kier molecular flexibility index (Phi) is 5.39. The van der Waals surface area contributed by atoms with Crippen molar-refractivity contribution < 1.29 is 4.79 Å². The first-order valence-electron chi connectivity index (χ1n) is 9.54. The number of hydrogen-bond acceptors (Lipinski definition) is 4. The summed E-state index contributed by atoms with van der Waals surface area (Å²) < 4.78 is 1.99. The van der Waals surface area contributed by atoms with Crippen molar-refractivity contribution in [3.63, 3.8) is 0 Å². The molecule has 0 saturated carbocycles. The van der Waals surface area contributed by atoms with E-state index in [0.717, 1.165) is 49.4 Å². The van der Waals surface area contributed by atoms with E-state index in [1.807, 2.05) is 42.6 Å². The quantitative estimate of drug-likeness (QED) is 0.842. The molecule has 1 fully saturated rings. The highest BCUT2D eigenvalue weighted by Crippen LogP contribution is 2.33. The number of aryl methyl sites for hydroxylation is 1. The molecule has 0 bridgehead atoms. The van der Waals surface area contributed by atoms with Gasteiger partial charge < -0.3 is 4.90 Å². The molecule has 1 aliphatic rings. The van der Waals surface area contributed by atoms with E-state index in [1.54, 1.807) is 12.4 Å². The summed E-state index contributed by atoms with van der Waals surface area (Å²) in [5.41, 5.74) is 2.53. The molecular formula is C20H29N5O. The van der Waals surface area contributed by atoms with Gasteiger partial charge in [0.15, 0.2) is 0 Å². The van der Waals surface area contributed by atoms with Crippen LogP contribution in [0.25, 0.3) is 11.4 Å². The van der Waals surface area contributed by atoms with Crippen molar-refractivity contribution in [1.82, 2.24) is 24.6 Å². The van der Waals surface area contributed by atoms with Crippen LogP contribution in [0.3, 0.4) is 0 Å². The topological polar surface area (TPSA) is 63.9 Å². The summed E-state index contributed by atoms with van der Waals surface area (Å²) in [5, 5.41) is 4.43. The van der Waals surface area contributed by atoms with E-state index in [9.17, 15) is 4.79 Å². The molecule has 0 aliphatic carbocycles. The third-order valence-corrected chi connectivity index (χ3v) is 4.86. The summed E-state index contributed by atoms with van der Waals surface area (Å²) in [6.07, 6.45) is 8.35. The highest BCUT2D eigenvalue weighted by atomic mass is 16.2.